The van der Waals surface area contributed by atoms with Crippen molar-refractivity contribution in [3.8, 4) is 0 Å². The maximum atomic E-state index is 9.18. The maximum absolute atomic E-state index is 9.18. The van der Waals surface area contributed by atoms with Crippen LogP contribution in [0.1, 0.15) is 13.8 Å². The molecular formula is C11H13NOS2. The largest absolute Gasteiger partial charge is 0.394 e. The molecule has 0 saturated carbocycles. The third-order valence-electron chi connectivity index (χ3n) is 2.12. The van der Waals surface area contributed by atoms with Gasteiger partial charge in [-0.25, -0.2) is 0 Å². The predicted molar refractivity (Wildman–Crippen MR) is 66.4 cm³/mol. The van der Waals surface area contributed by atoms with Crippen molar-refractivity contribution in [1.82, 2.24) is 0 Å². The lowest BCUT2D eigenvalue weighted by Crippen LogP contribution is -2.24. The molecule has 1 aromatic carbocycles. The van der Waals surface area contributed by atoms with Crippen LogP contribution >= 0.6 is 20.7 Å². The minimum Gasteiger partial charge on any atom is -0.394 e. The van der Waals surface area contributed by atoms with Crippen LogP contribution in [0.15, 0.2) is 29.3 Å². The molecule has 2 aromatic rings. The third kappa shape index (κ3) is 2.27. The molecule has 0 radical (unpaired) electrons. The number of rotatable bonds is 2. The summed E-state index contributed by atoms with van der Waals surface area (Å²) >= 11 is 0. The smallest absolute Gasteiger partial charge is 0.129 e. The number of aliphatic hydroxyl groups excluding tert-OH is 1. The first-order chi connectivity index (χ1) is 7.12. The molecule has 0 fully saturated rings. The quantitative estimate of drug-likeness (QED) is 0.803. The summed E-state index contributed by atoms with van der Waals surface area (Å²) in [6.45, 7) is 3.95. The Hall–Kier alpha value is -0.710. The average molecular weight is 239 g/mol. The Morgan fingerprint density at radius 2 is 2.00 bits per heavy atom. The monoisotopic (exact) mass is 239 g/mol. The molecule has 0 aliphatic carbocycles. The van der Waals surface area contributed by atoms with E-state index in [0.29, 0.717) is 0 Å². The number of aliphatic hydroxyl groups is 1. The van der Waals surface area contributed by atoms with Gasteiger partial charge in [0.15, 0.2) is 0 Å². The van der Waals surface area contributed by atoms with Crippen LogP contribution in [-0.2, 0) is 0 Å². The molecule has 1 aromatic heterocycles. The molecule has 0 unspecified atom stereocenters. The van der Waals surface area contributed by atoms with Gasteiger partial charge in [0.05, 0.1) is 12.1 Å². The zero-order valence-corrected chi connectivity index (χ0v) is 10.4. The molecule has 1 heterocycles. The highest BCUT2D eigenvalue weighted by Crippen LogP contribution is 2.20. The third-order valence-corrected chi connectivity index (χ3v) is 4.47. The molecule has 2 nitrogen and oxygen atoms in total. The van der Waals surface area contributed by atoms with Crippen LogP contribution in [0.2, 0.25) is 0 Å². The second kappa shape index (κ2) is 4.04. The Kier molecular flexibility index (Phi) is 2.91. The fraction of sp³-hybridized carbons (Fsp3) is 0.364. The van der Waals surface area contributed by atoms with E-state index < -0.39 is 0 Å². The Labute approximate surface area is 95.9 Å². The molecule has 0 bridgehead atoms. The van der Waals surface area contributed by atoms with E-state index >= 15 is 0 Å². The zero-order valence-electron chi connectivity index (χ0n) is 8.73. The van der Waals surface area contributed by atoms with Gasteiger partial charge in [0.25, 0.3) is 0 Å². The van der Waals surface area contributed by atoms with E-state index in [4.69, 9.17) is 0 Å². The Morgan fingerprint density at radius 3 is 2.73 bits per heavy atom. The minimum atomic E-state index is -0.389. The average Bonchev–Trinajstić information content (AvgIpc) is 2.62. The van der Waals surface area contributed by atoms with Gasteiger partial charge in [-0.2, -0.15) is 0 Å². The van der Waals surface area contributed by atoms with E-state index in [9.17, 15) is 5.11 Å². The Balaban J connectivity index is 2.62. The normalized spacial score (nSPS) is 13.7. The maximum Gasteiger partial charge on any atom is 0.129 e. The number of benzene rings is 1. The second-order valence-corrected chi connectivity index (χ2v) is 6.21. The fourth-order valence-electron chi connectivity index (χ4n) is 1.23. The Bertz CT molecular complexity index is 524. The number of hydrogen-bond acceptors (Lipinski definition) is 4. The van der Waals surface area contributed by atoms with Crippen molar-refractivity contribution in [3.63, 3.8) is 0 Å². The highest BCUT2D eigenvalue weighted by Gasteiger charge is 2.14. The van der Waals surface area contributed by atoms with Gasteiger partial charge in [0, 0.05) is 10.1 Å². The molecule has 0 spiro atoms. The van der Waals surface area contributed by atoms with Crippen LogP contribution in [0.3, 0.4) is 0 Å². The van der Waals surface area contributed by atoms with Crippen LogP contribution in [0, 0.1) is 0 Å². The van der Waals surface area contributed by atoms with E-state index in [1.807, 2.05) is 26.0 Å². The SMILES string of the molecule is CC(C)(CO)N=c1ssc2ccccc12. The van der Waals surface area contributed by atoms with Gasteiger partial charge in [-0.05, 0) is 19.9 Å². The van der Waals surface area contributed by atoms with Crippen LogP contribution in [0.5, 0.6) is 0 Å². The van der Waals surface area contributed by atoms with Crippen molar-refractivity contribution in [2.24, 2.45) is 4.99 Å². The van der Waals surface area contributed by atoms with Crippen molar-refractivity contribution < 1.29 is 5.11 Å². The van der Waals surface area contributed by atoms with Gasteiger partial charge in [-0.15, -0.1) is 0 Å². The highest BCUT2D eigenvalue weighted by atomic mass is 32.9. The summed E-state index contributed by atoms with van der Waals surface area (Å²) in [4.78, 5) is 4.58. The zero-order chi connectivity index (χ0) is 10.9. The molecule has 0 saturated heterocycles. The van der Waals surface area contributed by atoms with E-state index in [1.165, 1.54) is 10.1 Å². The molecule has 0 aliphatic rings. The summed E-state index contributed by atoms with van der Waals surface area (Å²) in [5.74, 6) is 0. The Morgan fingerprint density at radius 1 is 1.27 bits per heavy atom. The van der Waals surface area contributed by atoms with Gasteiger partial charge in [-0.1, -0.05) is 38.9 Å². The van der Waals surface area contributed by atoms with Crippen LogP contribution in [0.25, 0.3) is 10.1 Å². The summed E-state index contributed by atoms with van der Waals surface area (Å²) < 4.78 is 2.28. The minimum absolute atomic E-state index is 0.0733. The standard InChI is InChI=1S/C11H13NOS2/c1-11(2,7-13)12-10-8-5-3-4-6-9(8)14-15-10/h3-6,13H,7H2,1-2H3. The first kappa shape index (κ1) is 10.8. The molecule has 0 amide bonds. The van der Waals surface area contributed by atoms with E-state index in [2.05, 4.69) is 17.1 Å². The molecule has 0 atom stereocenters. The van der Waals surface area contributed by atoms with Gasteiger partial charge in [0.2, 0.25) is 0 Å². The highest BCUT2D eigenvalue weighted by molar-refractivity contribution is 7.71. The van der Waals surface area contributed by atoms with Crippen molar-refractivity contribution in [2.75, 3.05) is 6.61 Å². The van der Waals surface area contributed by atoms with Gasteiger partial charge in [-0.3, -0.25) is 4.99 Å². The molecule has 0 aliphatic heterocycles. The molecule has 2 rings (SSSR count). The van der Waals surface area contributed by atoms with Crippen LogP contribution in [-0.4, -0.2) is 17.3 Å². The van der Waals surface area contributed by atoms with Crippen molar-refractivity contribution >= 4 is 30.8 Å². The van der Waals surface area contributed by atoms with Crippen LogP contribution < -0.4 is 4.67 Å². The topological polar surface area (TPSA) is 32.6 Å². The fourth-order valence-corrected chi connectivity index (χ4v) is 3.73. The molecule has 4 heteroatoms. The summed E-state index contributed by atoms with van der Waals surface area (Å²) in [6, 6.07) is 8.23. The first-order valence-corrected chi connectivity index (χ1v) is 6.92. The summed E-state index contributed by atoms with van der Waals surface area (Å²) in [6.07, 6.45) is 0. The summed E-state index contributed by atoms with van der Waals surface area (Å²) in [5, 5.41) is 10.4. The van der Waals surface area contributed by atoms with E-state index in [1.54, 1.807) is 20.7 Å². The van der Waals surface area contributed by atoms with Crippen molar-refractivity contribution in [3.05, 3.63) is 28.9 Å². The van der Waals surface area contributed by atoms with Gasteiger partial charge in [0.1, 0.15) is 4.67 Å². The van der Waals surface area contributed by atoms with Gasteiger partial charge < -0.3 is 5.11 Å². The first-order valence-electron chi connectivity index (χ1n) is 4.77. The van der Waals surface area contributed by atoms with Gasteiger partial charge >= 0.3 is 0 Å². The van der Waals surface area contributed by atoms with E-state index in [0.717, 1.165) is 4.67 Å². The number of fused-ring (bicyclic) bond motifs is 1. The van der Waals surface area contributed by atoms with Crippen molar-refractivity contribution in [1.29, 1.82) is 0 Å². The lowest BCUT2D eigenvalue weighted by Gasteiger charge is -2.14. The lowest BCUT2D eigenvalue weighted by atomic mass is 10.1. The lowest BCUT2D eigenvalue weighted by molar-refractivity contribution is 0.220. The number of nitrogens with zero attached hydrogens (tertiary/aromatic N) is 1. The number of hydrogen-bond donors (Lipinski definition) is 1. The van der Waals surface area contributed by atoms with Crippen LogP contribution in [0.4, 0.5) is 0 Å². The molecule has 1 N–H and O–H groups in total. The molecule has 15 heavy (non-hydrogen) atoms. The second-order valence-electron chi connectivity index (χ2n) is 4.05. The summed E-state index contributed by atoms with van der Waals surface area (Å²) in [5.41, 5.74) is -0.389. The van der Waals surface area contributed by atoms with E-state index in [-0.39, 0.29) is 12.1 Å². The molecule has 80 valence electrons. The predicted octanol–water partition coefficient (Wildman–Crippen LogP) is 2.63. The molecular weight excluding hydrogens is 226 g/mol. The van der Waals surface area contributed by atoms with Crippen molar-refractivity contribution in [2.45, 2.75) is 19.4 Å². The summed E-state index contributed by atoms with van der Waals surface area (Å²) in [7, 11) is 3.40.